The molecule has 2 atom stereocenters. The van der Waals surface area contributed by atoms with Gasteiger partial charge in [0.25, 0.3) is 0 Å². The third kappa shape index (κ3) is 1.40. The minimum atomic E-state index is -0.803. The molecule has 1 rings (SSSR count). The Labute approximate surface area is 53.0 Å². The van der Waals surface area contributed by atoms with E-state index < -0.39 is 12.0 Å². The average Bonchev–Trinajstić information content (AvgIpc) is 2.14. The lowest BCUT2D eigenvalue weighted by atomic mass is 10.2. The number of carboxylic acid groups (broad SMARTS) is 1. The molecule has 0 amide bonds. The van der Waals surface area contributed by atoms with Crippen molar-refractivity contribution in [2.45, 2.75) is 18.5 Å². The zero-order valence-electron chi connectivity index (χ0n) is 5.00. The summed E-state index contributed by atoms with van der Waals surface area (Å²) in [5.74, 6) is -0.803. The molecule has 4 N–H and O–H groups in total. The molecule has 1 saturated heterocycles. The minimum Gasteiger partial charge on any atom is -0.480 e. The van der Waals surface area contributed by atoms with Crippen LogP contribution >= 0.6 is 0 Å². The summed E-state index contributed by atoms with van der Waals surface area (Å²) >= 11 is 0. The lowest BCUT2D eigenvalue weighted by molar-refractivity contribution is -0.139. The van der Waals surface area contributed by atoms with Gasteiger partial charge in [-0.2, -0.15) is 0 Å². The number of carboxylic acids is 1. The van der Waals surface area contributed by atoms with E-state index in [9.17, 15) is 4.79 Å². The summed E-state index contributed by atoms with van der Waals surface area (Å²) in [6, 6.07) is -0.397. The van der Waals surface area contributed by atoms with Crippen molar-refractivity contribution < 1.29 is 9.90 Å². The van der Waals surface area contributed by atoms with Crippen molar-refractivity contribution in [2.24, 2.45) is 5.73 Å². The van der Waals surface area contributed by atoms with Gasteiger partial charge in [-0.05, 0) is 6.42 Å². The molecule has 0 bridgehead atoms. The summed E-state index contributed by atoms with van der Waals surface area (Å²) < 4.78 is 0. The van der Waals surface area contributed by atoms with E-state index >= 15 is 0 Å². The summed E-state index contributed by atoms with van der Waals surface area (Å²) in [6.45, 7) is 0.622. The van der Waals surface area contributed by atoms with Crippen LogP contribution < -0.4 is 11.1 Å². The molecule has 1 fully saturated rings. The van der Waals surface area contributed by atoms with Gasteiger partial charge in [-0.1, -0.05) is 0 Å². The van der Waals surface area contributed by atoms with Gasteiger partial charge in [0.2, 0.25) is 0 Å². The molecule has 0 saturated carbocycles. The average molecular weight is 130 g/mol. The van der Waals surface area contributed by atoms with Crippen molar-refractivity contribution in [1.29, 1.82) is 0 Å². The van der Waals surface area contributed by atoms with Crippen molar-refractivity contribution in [3.63, 3.8) is 0 Å². The Hall–Kier alpha value is -0.610. The maximum absolute atomic E-state index is 10.2. The summed E-state index contributed by atoms with van der Waals surface area (Å²) in [6.07, 6.45) is 0.551. The number of carbonyl (C=O) groups is 1. The first-order chi connectivity index (χ1) is 4.20. The molecular weight excluding hydrogens is 120 g/mol. The first kappa shape index (κ1) is 6.51. The quantitative estimate of drug-likeness (QED) is 0.415. The monoisotopic (exact) mass is 130 g/mol. The summed E-state index contributed by atoms with van der Waals surface area (Å²) in [5.41, 5.74) is 5.44. The standard InChI is InChI=1S/C5H10N2O2/c6-3-1-4(5(8)9)7-2-3/h3-4,7H,1-2,6H2,(H,8,9)/t3-,4-/m0/s1. The Morgan fingerprint density at radius 3 is 2.67 bits per heavy atom. The van der Waals surface area contributed by atoms with Crippen LogP contribution in [0.5, 0.6) is 0 Å². The zero-order chi connectivity index (χ0) is 6.85. The molecule has 0 radical (unpaired) electrons. The van der Waals surface area contributed by atoms with E-state index in [1.807, 2.05) is 0 Å². The van der Waals surface area contributed by atoms with Gasteiger partial charge in [0, 0.05) is 12.6 Å². The highest BCUT2D eigenvalue weighted by Gasteiger charge is 2.26. The third-order valence-corrected chi connectivity index (χ3v) is 1.46. The Kier molecular flexibility index (Phi) is 1.68. The maximum Gasteiger partial charge on any atom is 0.320 e. The largest absolute Gasteiger partial charge is 0.480 e. The number of hydrogen-bond donors (Lipinski definition) is 3. The van der Waals surface area contributed by atoms with E-state index in [2.05, 4.69) is 5.32 Å². The van der Waals surface area contributed by atoms with Crippen molar-refractivity contribution in [3.05, 3.63) is 0 Å². The van der Waals surface area contributed by atoms with Crippen molar-refractivity contribution in [3.8, 4) is 0 Å². The highest BCUT2D eigenvalue weighted by molar-refractivity contribution is 5.73. The SMILES string of the molecule is N[C@@H]1CN[C@H](C(=O)O)C1. The van der Waals surface area contributed by atoms with Gasteiger partial charge in [0.1, 0.15) is 6.04 Å². The fourth-order valence-electron chi connectivity index (χ4n) is 0.951. The molecule has 1 aliphatic heterocycles. The van der Waals surface area contributed by atoms with Crippen molar-refractivity contribution in [2.75, 3.05) is 6.54 Å². The molecule has 0 aromatic rings. The first-order valence-electron chi connectivity index (χ1n) is 2.92. The number of rotatable bonds is 1. The van der Waals surface area contributed by atoms with Gasteiger partial charge in [-0.3, -0.25) is 4.79 Å². The molecule has 0 aromatic heterocycles. The fraction of sp³-hybridized carbons (Fsp3) is 0.800. The lowest BCUT2D eigenvalue weighted by Crippen LogP contribution is -2.30. The number of nitrogens with one attached hydrogen (secondary N) is 1. The van der Waals surface area contributed by atoms with Gasteiger partial charge >= 0.3 is 5.97 Å². The minimum absolute atomic E-state index is 0.0195. The van der Waals surface area contributed by atoms with Gasteiger partial charge in [-0.15, -0.1) is 0 Å². The molecule has 0 unspecified atom stereocenters. The summed E-state index contributed by atoms with van der Waals surface area (Å²) in [4.78, 5) is 10.2. The van der Waals surface area contributed by atoms with Crippen LogP contribution in [0, 0.1) is 0 Å². The lowest BCUT2D eigenvalue weighted by Gasteiger charge is -2.00. The van der Waals surface area contributed by atoms with Crippen LogP contribution in [0.4, 0.5) is 0 Å². The molecule has 9 heavy (non-hydrogen) atoms. The molecule has 1 aliphatic rings. The molecule has 52 valence electrons. The fourth-order valence-corrected chi connectivity index (χ4v) is 0.951. The van der Waals surface area contributed by atoms with Gasteiger partial charge in [0.05, 0.1) is 0 Å². The molecule has 0 spiro atoms. The summed E-state index contributed by atoms with van der Waals surface area (Å²) in [5, 5.41) is 11.2. The van der Waals surface area contributed by atoms with Crippen LogP contribution in [0.15, 0.2) is 0 Å². The van der Waals surface area contributed by atoms with Crippen LogP contribution in [0.3, 0.4) is 0 Å². The van der Waals surface area contributed by atoms with Gasteiger partial charge < -0.3 is 16.2 Å². The van der Waals surface area contributed by atoms with E-state index in [-0.39, 0.29) is 6.04 Å². The topological polar surface area (TPSA) is 75.3 Å². The van der Waals surface area contributed by atoms with Gasteiger partial charge in [0.15, 0.2) is 0 Å². The van der Waals surface area contributed by atoms with Crippen molar-refractivity contribution in [1.82, 2.24) is 5.32 Å². The predicted octanol–water partition coefficient (Wildman–Crippen LogP) is -1.24. The van der Waals surface area contributed by atoms with E-state index in [0.717, 1.165) is 0 Å². The van der Waals surface area contributed by atoms with E-state index in [4.69, 9.17) is 10.8 Å². The molecule has 0 aromatic carbocycles. The third-order valence-electron chi connectivity index (χ3n) is 1.46. The second-order valence-corrected chi connectivity index (χ2v) is 2.29. The van der Waals surface area contributed by atoms with Crippen LogP contribution in [0.1, 0.15) is 6.42 Å². The Bertz CT molecular complexity index is 126. The second kappa shape index (κ2) is 2.33. The molecule has 4 nitrogen and oxygen atoms in total. The molecule has 4 heteroatoms. The van der Waals surface area contributed by atoms with Crippen LogP contribution in [-0.4, -0.2) is 29.7 Å². The molecule has 0 aliphatic carbocycles. The Morgan fingerprint density at radius 2 is 2.44 bits per heavy atom. The summed E-state index contributed by atoms with van der Waals surface area (Å²) in [7, 11) is 0. The normalized spacial score (nSPS) is 34.8. The van der Waals surface area contributed by atoms with E-state index in [1.54, 1.807) is 0 Å². The first-order valence-corrected chi connectivity index (χ1v) is 2.92. The van der Waals surface area contributed by atoms with Gasteiger partial charge in [-0.25, -0.2) is 0 Å². The molecular formula is C5H10N2O2. The predicted molar refractivity (Wildman–Crippen MR) is 32.0 cm³/mol. The number of aliphatic carboxylic acids is 1. The Morgan fingerprint density at radius 1 is 1.78 bits per heavy atom. The van der Waals surface area contributed by atoms with Crippen LogP contribution in [-0.2, 0) is 4.79 Å². The van der Waals surface area contributed by atoms with Crippen molar-refractivity contribution >= 4 is 5.97 Å². The molecule has 1 heterocycles. The second-order valence-electron chi connectivity index (χ2n) is 2.29. The highest BCUT2D eigenvalue weighted by Crippen LogP contribution is 2.03. The maximum atomic E-state index is 10.2. The zero-order valence-corrected chi connectivity index (χ0v) is 5.00. The highest BCUT2D eigenvalue weighted by atomic mass is 16.4. The van der Waals surface area contributed by atoms with Crippen LogP contribution in [0.2, 0.25) is 0 Å². The van der Waals surface area contributed by atoms with E-state index in [1.165, 1.54) is 0 Å². The van der Waals surface area contributed by atoms with Crippen LogP contribution in [0.25, 0.3) is 0 Å². The Balaban J connectivity index is 2.39. The smallest absolute Gasteiger partial charge is 0.320 e. The number of hydrogen-bond acceptors (Lipinski definition) is 3. The number of nitrogens with two attached hydrogens (primary N) is 1. The van der Waals surface area contributed by atoms with E-state index in [0.29, 0.717) is 13.0 Å².